The van der Waals surface area contributed by atoms with Crippen LogP contribution in [0.4, 0.5) is 0 Å². The fraction of sp³-hybridized carbons (Fsp3) is 0.833. The standard InChI is InChI=1S/C12H21NOS/c1-10(9-15)8-13-6-7-14-12-5-3-2-4-11(12)13/h11-12,15H,1-9H2. The molecular weight excluding hydrogens is 206 g/mol. The lowest BCUT2D eigenvalue weighted by molar-refractivity contribution is -0.0848. The molecule has 2 fully saturated rings. The van der Waals surface area contributed by atoms with Gasteiger partial charge in [0.1, 0.15) is 0 Å². The second-order valence-corrected chi connectivity index (χ2v) is 4.96. The molecule has 1 saturated heterocycles. The third-order valence-corrected chi connectivity index (χ3v) is 3.94. The molecule has 0 aromatic heterocycles. The van der Waals surface area contributed by atoms with Crippen LogP contribution in [0.5, 0.6) is 0 Å². The maximum Gasteiger partial charge on any atom is 0.0731 e. The van der Waals surface area contributed by atoms with Crippen molar-refractivity contribution in [3.8, 4) is 0 Å². The number of hydrogen-bond acceptors (Lipinski definition) is 3. The topological polar surface area (TPSA) is 12.5 Å². The lowest BCUT2D eigenvalue weighted by Crippen LogP contribution is -2.53. The molecule has 1 aliphatic carbocycles. The Morgan fingerprint density at radius 1 is 1.40 bits per heavy atom. The van der Waals surface area contributed by atoms with Gasteiger partial charge in [-0.25, -0.2) is 0 Å². The molecule has 0 bridgehead atoms. The minimum atomic E-state index is 0.486. The third-order valence-electron chi connectivity index (χ3n) is 3.50. The molecule has 2 nitrogen and oxygen atoms in total. The summed E-state index contributed by atoms with van der Waals surface area (Å²) in [5.74, 6) is 0.800. The van der Waals surface area contributed by atoms with Crippen LogP contribution in [-0.4, -0.2) is 42.5 Å². The predicted octanol–water partition coefficient (Wildman–Crippen LogP) is 2.12. The lowest BCUT2D eigenvalue weighted by atomic mass is 9.90. The summed E-state index contributed by atoms with van der Waals surface area (Å²) in [6.45, 7) is 7.01. The van der Waals surface area contributed by atoms with Crippen molar-refractivity contribution in [1.29, 1.82) is 0 Å². The number of hydrogen-bond donors (Lipinski definition) is 1. The SMILES string of the molecule is C=C(CS)CN1CCOC2CCCCC21. The van der Waals surface area contributed by atoms with Crippen molar-refractivity contribution in [1.82, 2.24) is 4.90 Å². The van der Waals surface area contributed by atoms with Crippen LogP contribution in [0.2, 0.25) is 0 Å². The molecule has 0 N–H and O–H groups in total. The van der Waals surface area contributed by atoms with Crippen molar-refractivity contribution in [2.75, 3.05) is 25.4 Å². The second kappa shape index (κ2) is 5.37. The van der Waals surface area contributed by atoms with E-state index in [1.54, 1.807) is 0 Å². The van der Waals surface area contributed by atoms with Gasteiger partial charge in [0, 0.05) is 24.9 Å². The summed E-state index contributed by atoms with van der Waals surface area (Å²) in [5.41, 5.74) is 1.23. The van der Waals surface area contributed by atoms with Crippen LogP contribution in [-0.2, 0) is 4.74 Å². The molecule has 1 heterocycles. The van der Waals surface area contributed by atoms with Crippen LogP contribution < -0.4 is 0 Å². The van der Waals surface area contributed by atoms with E-state index in [0.29, 0.717) is 12.1 Å². The van der Waals surface area contributed by atoms with Crippen molar-refractivity contribution in [2.24, 2.45) is 0 Å². The Bertz CT molecular complexity index is 230. The van der Waals surface area contributed by atoms with Crippen LogP contribution in [0.1, 0.15) is 25.7 Å². The molecule has 3 heteroatoms. The molecule has 2 rings (SSSR count). The average Bonchev–Trinajstić information content (AvgIpc) is 2.29. The Kier molecular flexibility index (Phi) is 4.12. The van der Waals surface area contributed by atoms with E-state index in [2.05, 4.69) is 24.1 Å². The van der Waals surface area contributed by atoms with Crippen LogP contribution in [0, 0.1) is 0 Å². The van der Waals surface area contributed by atoms with Gasteiger partial charge in [-0.05, 0) is 12.8 Å². The Balaban J connectivity index is 1.94. The Hall–Kier alpha value is 0.01000. The summed E-state index contributed by atoms with van der Waals surface area (Å²) in [5, 5.41) is 0. The number of morpholine rings is 1. The Morgan fingerprint density at radius 2 is 2.20 bits per heavy atom. The zero-order valence-electron chi connectivity index (χ0n) is 9.32. The van der Waals surface area contributed by atoms with E-state index in [4.69, 9.17) is 4.74 Å². The maximum atomic E-state index is 5.84. The van der Waals surface area contributed by atoms with E-state index in [9.17, 15) is 0 Å². The summed E-state index contributed by atoms with van der Waals surface area (Å²) in [4.78, 5) is 2.55. The van der Waals surface area contributed by atoms with Crippen LogP contribution >= 0.6 is 12.6 Å². The Labute approximate surface area is 98.1 Å². The monoisotopic (exact) mass is 227 g/mol. The first kappa shape index (κ1) is 11.5. The van der Waals surface area contributed by atoms with E-state index in [-0.39, 0.29) is 0 Å². The molecular formula is C12H21NOS. The van der Waals surface area contributed by atoms with Crippen LogP contribution in [0.3, 0.4) is 0 Å². The number of fused-ring (bicyclic) bond motifs is 1. The summed E-state index contributed by atoms with van der Waals surface area (Å²) in [7, 11) is 0. The summed E-state index contributed by atoms with van der Waals surface area (Å²) >= 11 is 4.28. The van der Waals surface area contributed by atoms with Crippen molar-refractivity contribution < 1.29 is 4.74 Å². The Morgan fingerprint density at radius 3 is 3.00 bits per heavy atom. The van der Waals surface area contributed by atoms with Crippen molar-refractivity contribution in [3.05, 3.63) is 12.2 Å². The number of thiol groups is 1. The molecule has 0 spiro atoms. The molecule has 2 aliphatic rings. The van der Waals surface area contributed by atoms with Gasteiger partial charge in [0.05, 0.1) is 12.7 Å². The first-order chi connectivity index (χ1) is 7.31. The zero-order chi connectivity index (χ0) is 10.7. The smallest absolute Gasteiger partial charge is 0.0731 e. The van der Waals surface area contributed by atoms with Crippen molar-refractivity contribution in [2.45, 2.75) is 37.8 Å². The predicted molar refractivity (Wildman–Crippen MR) is 66.6 cm³/mol. The zero-order valence-corrected chi connectivity index (χ0v) is 10.2. The fourth-order valence-electron chi connectivity index (χ4n) is 2.71. The molecule has 0 amide bonds. The molecule has 2 atom stereocenters. The average molecular weight is 227 g/mol. The molecule has 0 aromatic rings. The van der Waals surface area contributed by atoms with Gasteiger partial charge in [-0.2, -0.15) is 12.6 Å². The third kappa shape index (κ3) is 2.77. The first-order valence-corrected chi connectivity index (χ1v) is 6.57. The van der Waals surface area contributed by atoms with E-state index in [0.717, 1.165) is 25.4 Å². The highest BCUT2D eigenvalue weighted by Crippen LogP contribution is 2.28. The molecule has 0 aromatic carbocycles. The van der Waals surface area contributed by atoms with E-state index >= 15 is 0 Å². The summed E-state index contributed by atoms with van der Waals surface area (Å²) in [6.07, 6.45) is 5.72. The van der Waals surface area contributed by atoms with Gasteiger partial charge >= 0.3 is 0 Å². The van der Waals surface area contributed by atoms with Gasteiger partial charge in [0.25, 0.3) is 0 Å². The first-order valence-electron chi connectivity index (χ1n) is 5.94. The maximum absolute atomic E-state index is 5.84. The molecule has 15 heavy (non-hydrogen) atoms. The highest BCUT2D eigenvalue weighted by molar-refractivity contribution is 7.80. The van der Waals surface area contributed by atoms with Gasteiger partial charge < -0.3 is 4.74 Å². The minimum absolute atomic E-state index is 0.486. The van der Waals surface area contributed by atoms with E-state index in [1.807, 2.05) is 0 Å². The van der Waals surface area contributed by atoms with Gasteiger partial charge in [-0.1, -0.05) is 25.0 Å². The van der Waals surface area contributed by atoms with Gasteiger partial charge in [-0.15, -0.1) is 0 Å². The number of ether oxygens (including phenoxy) is 1. The molecule has 86 valence electrons. The summed E-state index contributed by atoms with van der Waals surface area (Å²) in [6, 6.07) is 0.643. The van der Waals surface area contributed by atoms with Gasteiger partial charge in [0.2, 0.25) is 0 Å². The highest BCUT2D eigenvalue weighted by atomic mass is 32.1. The summed E-state index contributed by atoms with van der Waals surface area (Å²) < 4.78 is 5.84. The normalized spacial score (nSPS) is 32.3. The number of rotatable bonds is 3. The molecule has 2 unspecified atom stereocenters. The van der Waals surface area contributed by atoms with Crippen molar-refractivity contribution >= 4 is 12.6 Å². The molecule has 1 saturated carbocycles. The highest BCUT2D eigenvalue weighted by Gasteiger charge is 2.33. The van der Waals surface area contributed by atoms with Crippen LogP contribution in [0.15, 0.2) is 12.2 Å². The van der Waals surface area contributed by atoms with E-state index in [1.165, 1.54) is 31.3 Å². The second-order valence-electron chi connectivity index (χ2n) is 4.64. The lowest BCUT2D eigenvalue weighted by Gasteiger charge is -2.44. The minimum Gasteiger partial charge on any atom is -0.375 e. The molecule has 1 aliphatic heterocycles. The quantitative estimate of drug-likeness (QED) is 0.586. The molecule has 0 radical (unpaired) electrons. The van der Waals surface area contributed by atoms with Crippen LogP contribution in [0.25, 0.3) is 0 Å². The number of nitrogens with zero attached hydrogens (tertiary/aromatic N) is 1. The fourth-order valence-corrected chi connectivity index (χ4v) is 2.81. The van der Waals surface area contributed by atoms with E-state index < -0.39 is 0 Å². The van der Waals surface area contributed by atoms with Gasteiger partial charge in [-0.3, -0.25) is 4.90 Å². The van der Waals surface area contributed by atoms with Crippen molar-refractivity contribution in [3.63, 3.8) is 0 Å². The largest absolute Gasteiger partial charge is 0.375 e. The van der Waals surface area contributed by atoms with Gasteiger partial charge in [0.15, 0.2) is 0 Å².